The molecule has 3 aromatic carbocycles. The van der Waals surface area contributed by atoms with E-state index < -0.39 is 17.2 Å². The molecule has 0 saturated carbocycles. The number of rotatable bonds is 6. The van der Waals surface area contributed by atoms with Crippen LogP contribution in [0.4, 0.5) is 0 Å². The van der Waals surface area contributed by atoms with Gasteiger partial charge in [-0.15, -0.1) is 0 Å². The van der Waals surface area contributed by atoms with Crippen LogP contribution in [0.15, 0.2) is 78.9 Å². The SMILES string of the molecule is O=C(OC12CC[N+](CCCc3ccccc3)(CC1)CC2)C1([O-])c2ccccc2-c2ccccc21. The van der Waals surface area contributed by atoms with Crippen molar-refractivity contribution in [1.82, 2.24) is 0 Å². The standard InChI is InChI=1S/C30H31NO3/c32-28(30(33)26-14-6-4-12-24(26)25-13-5-7-15-27(25)30)34-29-16-20-31(21-17-29,22-18-29)19-8-11-23-9-2-1-3-10-23/h1-7,9-10,12-15H,8,11,16-22H2. The molecule has 3 fully saturated rings. The van der Waals surface area contributed by atoms with Crippen molar-refractivity contribution in [2.75, 3.05) is 26.2 Å². The van der Waals surface area contributed by atoms with Crippen molar-refractivity contribution in [3.05, 3.63) is 95.6 Å². The number of fused-ring (bicyclic) bond motifs is 6. The Labute approximate surface area is 201 Å². The average Bonchev–Trinajstić information content (AvgIpc) is 3.16. The highest BCUT2D eigenvalue weighted by atomic mass is 16.6. The van der Waals surface area contributed by atoms with Gasteiger partial charge in [0, 0.05) is 31.3 Å². The Balaban J connectivity index is 1.16. The van der Waals surface area contributed by atoms with E-state index in [2.05, 4.69) is 30.3 Å². The summed E-state index contributed by atoms with van der Waals surface area (Å²) in [5.74, 6) is -0.629. The van der Waals surface area contributed by atoms with Crippen molar-refractivity contribution in [3.8, 4) is 11.1 Å². The molecule has 3 aromatic rings. The van der Waals surface area contributed by atoms with Gasteiger partial charge in [0.15, 0.2) is 0 Å². The fourth-order valence-electron chi connectivity index (χ4n) is 6.47. The lowest BCUT2D eigenvalue weighted by molar-refractivity contribution is -0.945. The smallest absolute Gasteiger partial charge is 0.304 e. The van der Waals surface area contributed by atoms with Crippen LogP contribution in [0.1, 0.15) is 42.4 Å². The molecule has 3 heterocycles. The van der Waals surface area contributed by atoms with E-state index in [1.165, 1.54) is 18.5 Å². The molecular weight excluding hydrogens is 422 g/mol. The molecular formula is C30H31NO3. The van der Waals surface area contributed by atoms with Gasteiger partial charge in [-0.2, -0.15) is 0 Å². The fourth-order valence-corrected chi connectivity index (χ4v) is 6.47. The van der Waals surface area contributed by atoms with E-state index >= 15 is 0 Å². The van der Waals surface area contributed by atoms with E-state index in [0.29, 0.717) is 11.1 Å². The molecule has 2 bridgehead atoms. The molecule has 4 heteroatoms. The lowest BCUT2D eigenvalue weighted by atomic mass is 9.80. The monoisotopic (exact) mass is 453 g/mol. The van der Waals surface area contributed by atoms with E-state index in [1.807, 2.05) is 36.4 Å². The van der Waals surface area contributed by atoms with Crippen LogP contribution >= 0.6 is 0 Å². The largest absolute Gasteiger partial charge is 0.834 e. The predicted molar refractivity (Wildman–Crippen MR) is 130 cm³/mol. The normalized spacial score (nSPS) is 26.0. The summed E-state index contributed by atoms with van der Waals surface area (Å²) in [5, 5.41) is 14.3. The number of benzene rings is 3. The van der Waals surface area contributed by atoms with Crippen LogP contribution in [0.2, 0.25) is 0 Å². The van der Waals surface area contributed by atoms with Gasteiger partial charge in [-0.1, -0.05) is 78.9 Å². The third-order valence-electron chi connectivity index (χ3n) is 8.57. The lowest BCUT2D eigenvalue weighted by Crippen LogP contribution is -2.66. The van der Waals surface area contributed by atoms with Crippen molar-refractivity contribution in [2.24, 2.45) is 0 Å². The van der Waals surface area contributed by atoms with Crippen LogP contribution in [0.25, 0.3) is 11.1 Å². The Bertz CT molecular complexity index is 1150. The van der Waals surface area contributed by atoms with Crippen LogP contribution in [-0.2, 0) is 21.6 Å². The van der Waals surface area contributed by atoms with E-state index in [-0.39, 0.29) is 0 Å². The third kappa shape index (κ3) is 3.40. The topological polar surface area (TPSA) is 49.4 Å². The number of aryl methyl sites for hydroxylation is 1. The summed E-state index contributed by atoms with van der Waals surface area (Å²) in [6, 6.07) is 25.6. The molecule has 1 aliphatic carbocycles. The number of hydrogen-bond acceptors (Lipinski definition) is 3. The van der Waals surface area contributed by atoms with E-state index in [0.717, 1.165) is 60.9 Å². The second kappa shape index (κ2) is 8.07. The Morgan fingerprint density at radius 2 is 1.32 bits per heavy atom. The van der Waals surface area contributed by atoms with Gasteiger partial charge in [-0.25, -0.2) is 0 Å². The Morgan fingerprint density at radius 3 is 1.91 bits per heavy atom. The van der Waals surface area contributed by atoms with E-state index in [9.17, 15) is 9.90 Å². The summed E-state index contributed by atoms with van der Waals surface area (Å²) in [4.78, 5) is 13.6. The molecule has 0 spiro atoms. The van der Waals surface area contributed by atoms with Gasteiger partial charge < -0.3 is 14.3 Å². The Kier molecular flexibility index (Phi) is 5.12. The summed E-state index contributed by atoms with van der Waals surface area (Å²) in [5.41, 5.74) is 1.67. The summed E-state index contributed by atoms with van der Waals surface area (Å²) < 4.78 is 7.35. The fraction of sp³-hybridized carbons (Fsp3) is 0.367. The van der Waals surface area contributed by atoms with Crippen LogP contribution in [-0.4, -0.2) is 42.2 Å². The van der Waals surface area contributed by atoms with Gasteiger partial charge >= 0.3 is 5.97 Å². The molecule has 0 amide bonds. The van der Waals surface area contributed by atoms with Crippen LogP contribution < -0.4 is 5.11 Å². The molecule has 0 atom stereocenters. The quantitative estimate of drug-likeness (QED) is 0.415. The maximum absolute atomic E-state index is 14.3. The minimum absolute atomic E-state index is 0.486. The first-order chi connectivity index (χ1) is 16.5. The Hall–Kier alpha value is -2.95. The number of nitrogens with zero attached hydrogens (tertiary/aromatic N) is 1. The molecule has 0 aromatic heterocycles. The van der Waals surface area contributed by atoms with Crippen molar-refractivity contribution < 1.29 is 19.1 Å². The number of carbonyl (C=O) groups is 1. The molecule has 3 aliphatic heterocycles. The molecule has 4 aliphatic rings. The molecule has 7 rings (SSSR count). The number of esters is 1. The van der Waals surface area contributed by atoms with Gasteiger partial charge in [0.1, 0.15) is 5.60 Å². The summed E-state index contributed by atoms with van der Waals surface area (Å²) in [6.45, 7) is 4.26. The second-order valence-corrected chi connectivity index (χ2v) is 10.4. The third-order valence-corrected chi connectivity index (χ3v) is 8.57. The van der Waals surface area contributed by atoms with E-state index in [1.54, 1.807) is 12.1 Å². The van der Waals surface area contributed by atoms with Crippen molar-refractivity contribution in [3.63, 3.8) is 0 Å². The van der Waals surface area contributed by atoms with Gasteiger partial charge in [-0.05, 0) is 34.2 Å². The predicted octanol–water partition coefficient (Wildman–Crippen LogP) is 4.20. The summed E-state index contributed by atoms with van der Waals surface area (Å²) in [6.07, 6.45) is 4.84. The van der Waals surface area contributed by atoms with Crippen LogP contribution in [0, 0.1) is 0 Å². The highest BCUT2D eigenvalue weighted by Crippen LogP contribution is 2.48. The zero-order chi connectivity index (χ0) is 23.2. The first-order valence-corrected chi connectivity index (χ1v) is 12.6. The van der Waals surface area contributed by atoms with Crippen molar-refractivity contribution in [2.45, 2.75) is 43.3 Å². The van der Waals surface area contributed by atoms with Gasteiger partial charge in [0.2, 0.25) is 0 Å². The van der Waals surface area contributed by atoms with Crippen molar-refractivity contribution in [1.29, 1.82) is 0 Å². The molecule has 4 nitrogen and oxygen atoms in total. The minimum Gasteiger partial charge on any atom is -0.834 e. The minimum atomic E-state index is -1.99. The molecule has 0 radical (unpaired) electrons. The zero-order valence-electron chi connectivity index (χ0n) is 19.5. The van der Waals surface area contributed by atoms with Crippen LogP contribution in [0.3, 0.4) is 0 Å². The van der Waals surface area contributed by atoms with Crippen LogP contribution in [0.5, 0.6) is 0 Å². The molecule has 0 N–H and O–H groups in total. The first kappa shape index (κ1) is 21.6. The highest BCUT2D eigenvalue weighted by Gasteiger charge is 2.53. The van der Waals surface area contributed by atoms with E-state index in [4.69, 9.17) is 4.74 Å². The van der Waals surface area contributed by atoms with Gasteiger partial charge in [0.25, 0.3) is 0 Å². The lowest BCUT2D eigenvalue weighted by Gasteiger charge is -2.55. The van der Waals surface area contributed by atoms with Crippen molar-refractivity contribution >= 4 is 5.97 Å². The molecule has 174 valence electrons. The number of ether oxygens (including phenoxy) is 1. The first-order valence-electron chi connectivity index (χ1n) is 12.6. The summed E-state index contributed by atoms with van der Waals surface area (Å²) in [7, 11) is 0. The van der Waals surface area contributed by atoms with Gasteiger partial charge in [0.05, 0.1) is 26.2 Å². The summed E-state index contributed by atoms with van der Waals surface area (Å²) >= 11 is 0. The number of carbonyl (C=O) groups excluding carboxylic acids is 1. The molecule has 34 heavy (non-hydrogen) atoms. The maximum Gasteiger partial charge on any atom is 0.304 e. The Morgan fingerprint density at radius 1 is 0.794 bits per heavy atom. The number of piperidine rings is 3. The average molecular weight is 454 g/mol. The second-order valence-electron chi connectivity index (χ2n) is 10.4. The number of quaternary nitrogens is 1. The van der Waals surface area contributed by atoms with Gasteiger partial charge in [-0.3, -0.25) is 4.79 Å². The molecule has 3 saturated heterocycles. The number of hydrogen-bond donors (Lipinski definition) is 0. The maximum atomic E-state index is 14.3. The molecule has 0 unspecified atom stereocenters. The zero-order valence-corrected chi connectivity index (χ0v) is 19.5. The highest BCUT2D eigenvalue weighted by molar-refractivity contribution is 5.95.